The Kier molecular flexibility index (Phi) is 109. The molecular weight excluding hydrogens is 461 g/mol. The molecule has 0 fully saturated rings. The Balaban J connectivity index is 0. The van der Waals surface area contributed by atoms with Crippen LogP contribution in [0.4, 0.5) is 0 Å². The van der Waals surface area contributed by atoms with Gasteiger partial charge in [0.2, 0.25) is 0 Å². The van der Waals surface area contributed by atoms with Gasteiger partial charge in [-0.05, 0) is 0 Å². The molecule has 0 spiro atoms. The van der Waals surface area contributed by atoms with Gasteiger partial charge in [-0.25, -0.2) is 0 Å². The summed E-state index contributed by atoms with van der Waals surface area (Å²) in [5, 5.41) is 0. The summed E-state index contributed by atoms with van der Waals surface area (Å²) in [6, 6.07) is 0. The Hall–Kier alpha value is 3.25. The van der Waals surface area contributed by atoms with Gasteiger partial charge in [-0.3, -0.25) is 0 Å². The zero-order valence-corrected chi connectivity index (χ0v) is 10.9. The third-order valence-corrected chi connectivity index (χ3v) is 0. The van der Waals surface area contributed by atoms with Crippen LogP contribution in [0, 0.1) is 0 Å². The molecule has 0 aromatic rings. The third-order valence-electron chi connectivity index (χ3n) is 0. The molecule has 0 saturated heterocycles. The molecule has 0 saturated carbocycles. The molecule has 0 aliphatic rings. The zero-order chi connectivity index (χ0) is 0. The van der Waals surface area contributed by atoms with Gasteiger partial charge >= 0.3 is 53.1 Å². The summed E-state index contributed by atoms with van der Waals surface area (Å²) in [4.78, 5) is 0. The Morgan fingerprint density at radius 3 is 1.00 bits per heavy atom. The van der Waals surface area contributed by atoms with Crippen molar-refractivity contribution < 1.29 is 27.3 Å². The first kappa shape index (κ1) is 26.8. The van der Waals surface area contributed by atoms with E-state index in [2.05, 4.69) is 0 Å². The topological polar surface area (TPSA) is 0 Å². The van der Waals surface area contributed by atoms with E-state index in [1.54, 1.807) is 0 Å². The number of hydrogen-bond donors (Lipinski definition) is 0. The molecule has 0 bridgehead atoms. The second kappa shape index (κ2) is 16.3. The van der Waals surface area contributed by atoms with E-state index in [1.807, 2.05) is 0 Å². The van der Waals surface area contributed by atoms with E-state index in [9.17, 15) is 0 Å². The van der Waals surface area contributed by atoms with E-state index in [4.69, 9.17) is 0 Å². The van der Waals surface area contributed by atoms with Crippen LogP contribution in [-0.2, 0) is 27.3 Å². The van der Waals surface area contributed by atoms with Crippen LogP contribution in [0.2, 0.25) is 0 Å². The number of rotatable bonds is 0. The van der Waals surface area contributed by atoms with Gasteiger partial charge in [0.25, 0.3) is 0 Å². The molecule has 0 heterocycles. The Labute approximate surface area is 95.7 Å². The van der Waals surface area contributed by atoms with Crippen LogP contribution in [-0.4, -0.2) is 70.5 Å². The van der Waals surface area contributed by atoms with Crippen LogP contribution >= 0.6 is 0 Å². The third kappa shape index (κ3) is 8.98. The molecule has 0 unspecified atom stereocenters. The fourth-order valence-electron chi connectivity index (χ4n) is 0. The monoisotopic (exact) mass is 472 g/mol. The van der Waals surface area contributed by atoms with Crippen molar-refractivity contribution >= 4 is 70.5 Å². The van der Waals surface area contributed by atoms with Crippen LogP contribution in [0.15, 0.2) is 0 Å². The molecule has 4 heteroatoms. The fourth-order valence-corrected chi connectivity index (χ4v) is 0. The van der Waals surface area contributed by atoms with Crippen molar-refractivity contribution in [3.63, 3.8) is 0 Å². The summed E-state index contributed by atoms with van der Waals surface area (Å²) in [6.45, 7) is 0. The van der Waals surface area contributed by atoms with Crippen molar-refractivity contribution in [1.29, 1.82) is 0 Å². The van der Waals surface area contributed by atoms with Gasteiger partial charge in [0.05, 0.1) is 0 Å². The summed E-state index contributed by atoms with van der Waals surface area (Å²) in [6.07, 6.45) is 0. The summed E-state index contributed by atoms with van der Waals surface area (Å²) < 4.78 is 0. The number of hydrogen-bond acceptors (Lipinski definition) is 0. The molecule has 0 amide bonds. The molecule has 4 heavy (non-hydrogen) atoms. The standard InChI is InChI=1S/Al.Cd.In.Pb.8H. The normalized spacial score (nSPS) is 0. The van der Waals surface area contributed by atoms with Crippen molar-refractivity contribution in [2.45, 2.75) is 0 Å². The average molecular weight is 469 g/mol. The first-order valence-corrected chi connectivity index (χ1v) is 0. The van der Waals surface area contributed by atoms with Crippen LogP contribution in [0.1, 0.15) is 0 Å². The molecule has 0 rings (SSSR count). The maximum atomic E-state index is 0. The molecule has 0 N–H and O–H groups in total. The summed E-state index contributed by atoms with van der Waals surface area (Å²) in [5.74, 6) is 0. The molecule has 0 aliphatic heterocycles. The van der Waals surface area contributed by atoms with Crippen LogP contribution in [0.25, 0.3) is 0 Å². The Morgan fingerprint density at radius 1 is 1.00 bits per heavy atom. The Morgan fingerprint density at radius 2 is 1.00 bits per heavy atom. The quantitative estimate of drug-likeness (QED) is 0.327. The fraction of sp³-hybridized carbons (Fsp3) is 0. The van der Waals surface area contributed by atoms with E-state index in [-0.39, 0.29) is 97.8 Å². The molecule has 0 atom stereocenters. The zero-order valence-electron chi connectivity index (χ0n) is 1.41. The van der Waals surface area contributed by atoms with Gasteiger partial charge in [-0.15, -0.1) is 0 Å². The first-order valence-electron chi connectivity index (χ1n) is 0. The van der Waals surface area contributed by atoms with Crippen LogP contribution in [0.5, 0.6) is 0 Å². The van der Waals surface area contributed by atoms with Gasteiger partial charge in [0.15, 0.2) is 17.4 Å². The Bertz CT molecular complexity index is 8.00. The molecule has 0 aromatic carbocycles. The van der Waals surface area contributed by atoms with E-state index >= 15 is 0 Å². The van der Waals surface area contributed by atoms with Crippen molar-refractivity contribution in [2.75, 3.05) is 0 Å². The van der Waals surface area contributed by atoms with Gasteiger partial charge < -0.3 is 0 Å². The van der Waals surface area contributed by atoms with Gasteiger partial charge in [-0.1, -0.05) is 0 Å². The first-order chi connectivity index (χ1) is 0. The second-order valence-corrected chi connectivity index (χ2v) is 0. The van der Waals surface area contributed by atoms with Crippen molar-refractivity contribution in [2.24, 2.45) is 0 Å². The molecule has 0 nitrogen and oxygen atoms in total. The minimum atomic E-state index is 0. The SMILES string of the molecule is [AlH3].[Cd].[InH3].[PbH2]. The average Bonchev–Trinajstić information content (AvgIpc) is 0. The predicted octanol–water partition coefficient (Wildman–Crippen LogP) is -3.29. The predicted molar refractivity (Wildman–Crippen MR) is 28.4 cm³/mol. The molecule has 20 valence electrons. The van der Waals surface area contributed by atoms with E-state index in [0.717, 1.165) is 0 Å². The summed E-state index contributed by atoms with van der Waals surface area (Å²) in [5.41, 5.74) is 0. The molecular formula is H8AlCdInPb. The van der Waals surface area contributed by atoms with Crippen LogP contribution < -0.4 is 0 Å². The molecule has 0 aromatic heterocycles. The van der Waals surface area contributed by atoms with Crippen molar-refractivity contribution in [1.82, 2.24) is 0 Å². The maximum absolute atomic E-state index is 0. The van der Waals surface area contributed by atoms with Crippen molar-refractivity contribution in [3.8, 4) is 0 Å². The minimum absolute atomic E-state index is 0. The second-order valence-electron chi connectivity index (χ2n) is 0. The molecule has 2 radical (unpaired) electrons. The van der Waals surface area contributed by atoms with E-state index in [0.29, 0.717) is 0 Å². The van der Waals surface area contributed by atoms with Gasteiger partial charge in [0.1, 0.15) is 0 Å². The van der Waals surface area contributed by atoms with Crippen LogP contribution in [0.3, 0.4) is 0 Å². The summed E-state index contributed by atoms with van der Waals surface area (Å²) >= 11 is 0. The van der Waals surface area contributed by atoms with E-state index in [1.165, 1.54) is 0 Å². The summed E-state index contributed by atoms with van der Waals surface area (Å²) in [7, 11) is 0. The van der Waals surface area contributed by atoms with Gasteiger partial charge in [-0.2, -0.15) is 0 Å². The molecule has 0 aliphatic carbocycles. The van der Waals surface area contributed by atoms with Crippen molar-refractivity contribution in [3.05, 3.63) is 0 Å². The van der Waals surface area contributed by atoms with Gasteiger partial charge in [0, 0.05) is 27.3 Å². The van der Waals surface area contributed by atoms with E-state index < -0.39 is 0 Å².